The van der Waals surface area contributed by atoms with Gasteiger partial charge in [-0.1, -0.05) is 30.3 Å². The first-order valence-corrected chi connectivity index (χ1v) is 10.9. The number of anilines is 1. The van der Waals surface area contributed by atoms with Crippen LogP contribution in [0.1, 0.15) is 15.9 Å². The number of alkyl halides is 6. The molecule has 0 aliphatic heterocycles. The minimum absolute atomic E-state index is 0.270. The largest absolute Gasteiger partial charge is 0.477 e. The number of halogens is 6. The molecule has 0 spiro atoms. The Morgan fingerprint density at radius 2 is 1.41 bits per heavy atom. The SMILES string of the molecule is O=C(COc1ccccc1[N+](=O)[O-])Nc1ccc(C(OC(=O)c2cccc([N+](=O)[O-])c2)(C(F)(F)F)C(F)(F)F)cc1. The molecule has 0 saturated heterocycles. The normalized spacial score (nSPS) is 11.9. The molecule has 216 valence electrons. The third-order valence-electron chi connectivity index (χ3n) is 5.33. The lowest BCUT2D eigenvalue weighted by molar-refractivity contribution is -0.385. The number of non-ortho nitro benzene ring substituents is 1. The van der Waals surface area contributed by atoms with Crippen LogP contribution in [0.5, 0.6) is 5.75 Å². The molecule has 0 atom stereocenters. The number of esters is 1. The van der Waals surface area contributed by atoms with Crippen molar-refractivity contribution in [1.82, 2.24) is 0 Å². The number of nitrogens with zero attached hydrogens (tertiary/aromatic N) is 2. The maximum absolute atomic E-state index is 14.1. The highest BCUT2D eigenvalue weighted by atomic mass is 19.4. The summed E-state index contributed by atoms with van der Waals surface area (Å²) in [4.78, 5) is 44.7. The molecule has 0 aromatic heterocycles. The van der Waals surface area contributed by atoms with Crippen molar-refractivity contribution in [2.45, 2.75) is 18.0 Å². The number of ether oxygens (including phenoxy) is 2. The van der Waals surface area contributed by atoms with E-state index in [9.17, 15) is 56.2 Å². The molecular formula is C24H15F6N3O8. The summed E-state index contributed by atoms with van der Waals surface area (Å²) in [6.45, 7) is -0.803. The Kier molecular flexibility index (Phi) is 8.50. The molecule has 3 rings (SSSR count). The number of nitro benzene ring substituents is 2. The first-order valence-electron chi connectivity index (χ1n) is 10.9. The van der Waals surface area contributed by atoms with Crippen LogP contribution in [-0.2, 0) is 15.1 Å². The number of rotatable bonds is 9. The molecule has 0 saturated carbocycles. The summed E-state index contributed by atoms with van der Waals surface area (Å²) in [5.74, 6) is -3.38. The number of amides is 1. The van der Waals surface area contributed by atoms with E-state index >= 15 is 0 Å². The third kappa shape index (κ3) is 6.51. The van der Waals surface area contributed by atoms with E-state index in [1.807, 2.05) is 0 Å². The van der Waals surface area contributed by atoms with Crippen LogP contribution in [0.3, 0.4) is 0 Å². The number of hydrogen-bond acceptors (Lipinski definition) is 8. The molecule has 3 aromatic carbocycles. The topological polar surface area (TPSA) is 151 Å². The molecule has 1 N–H and O–H groups in total. The summed E-state index contributed by atoms with van der Waals surface area (Å²) in [5.41, 5.74) is -9.27. The number of benzene rings is 3. The lowest BCUT2D eigenvalue weighted by atomic mass is 9.91. The average molecular weight is 587 g/mol. The summed E-state index contributed by atoms with van der Waals surface area (Å²) in [6.07, 6.45) is -12.5. The summed E-state index contributed by atoms with van der Waals surface area (Å²) >= 11 is 0. The van der Waals surface area contributed by atoms with Gasteiger partial charge in [0.05, 0.1) is 15.4 Å². The lowest BCUT2D eigenvalue weighted by Gasteiger charge is -2.36. The molecule has 11 nitrogen and oxygen atoms in total. The van der Waals surface area contributed by atoms with Gasteiger partial charge < -0.3 is 14.8 Å². The van der Waals surface area contributed by atoms with Gasteiger partial charge in [-0.25, -0.2) is 4.79 Å². The summed E-state index contributed by atoms with van der Waals surface area (Å²) in [7, 11) is 0. The second kappa shape index (κ2) is 11.5. The lowest BCUT2D eigenvalue weighted by Crippen LogP contribution is -2.56. The maximum Gasteiger partial charge on any atom is 0.442 e. The highest BCUT2D eigenvalue weighted by Crippen LogP contribution is 2.53. The fraction of sp³-hybridized carbons (Fsp3) is 0.167. The molecule has 1 amide bonds. The van der Waals surface area contributed by atoms with Gasteiger partial charge in [-0.15, -0.1) is 0 Å². The number of nitrogens with one attached hydrogen (secondary N) is 1. The van der Waals surface area contributed by atoms with Gasteiger partial charge in [0.1, 0.15) is 0 Å². The van der Waals surface area contributed by atoms with Gasteiger partial charge in [0.25, 0.3) is 11.6 Å². The van der Waals surface area contributed by atoms with E-state index in [0.29, 0.717) is 30.3 Å². The Balaban J connectivity index is 1.87. The zero-order chi connectivity index (χ0) is 30.6. The second-order valence-corrected chi connectivity index (χ2v) is 8.01. The molecule has 0 fully saturated rings. The van der Waals surface area contributed by atoms with Crippen molar-refractivity contribution in [3.63, 3.8) is 0 Å². The molecule has 0 bridgehead atoms. The van der Waals surface area contributed by atoms with E-state index < -0.39 is 68.8 Å². The van der Waals surface area contributed by atoms with Crippen LogP contribution in [0.25, 0.3) is 0 Å². The predicted octanol–water partition coefficient (Wildman–Crippen LogP) is 5.70. The molecule has 0 unspecified atom stereocenters. The van der Waals surface area contributed by atoms with Crippen molar-refractivity contribution >= 4 is 28.9 Å². The fourth-order valence-electron chi connectivity index (χ4n) is 3.47. The summed E-state index contributed by atoms with van der Waals surface area (Å²) in [6, 6.07) is 9.87. The summed E-state index contributed by atoms with van der Waals surface area (Å²) in [5, 5.41) is 24.0. The van der Waals surface area contributed by atoms with Gasteiger partial charge in [0.2, 0.25) is 0 Å². The monoisotopic (exact) mass is 587 g/mol. The molecule has 41 heavy (non-hydrogen) atoms. The van der Waals surface area contributed by atoms with Crippen molar-refractivity contribution in [1.29, 1.82) is 0 Å². The summed E-state index contributed by atoms with van der Waals surface area (Å²) < 4.78 is 93.5. The van der Waals surface area contributed by atoms with Crippen LogP contribution < -0.4 is 10.1 Å². The first-order chi connectivity index (χ1) is 19.1. The van der Waals surface area contributed by atoms with Gasteiger partial charge >= 0.3 is 29.6 Å². The molecular weight excluding hydrogens is 572 g/mol. The quantitative estimate of drug-likeness (QED) is 0.145. The zero-order valence-electron chi connectivity index (χ0n) is 20.1. The standard InChI is InChI=1S/C24H15F6N3O8/c25-23(26,27)22(24(28,29)30,41-21(35)14-4-3-5-17(12-14)32(36)37)15-8-10-16(11-9-15)31-20(34)13-40-19-7-2-1-6-18(19)33(38)39/h1-12H,13H2,(H,31,34). The van der Waals surface area contributed by atoms with Crippen molar-refractivity contribution in [2.75, 3.05) is 11.9 Å². The van der Waals surface area contributed by atoms with Gasteiger partial charge in [-0.2, -0.15) is 26.3 Å². The highest BCUT2D eigenvalue weighted by Gasteiger charge is 2.75. The molecule has 3 aromatic rings. The first kappa shape index (κ1) is 30.3. The molecule has 17 heteroatoms. The minimum atomic E-state index is -6.26. The number of nitro groups is 2. The van der Waals surface area contributed by atoms with Crippen molar-refractivity contribution < 1.29 is 55.3 Å². The minimum Gasteiger partial charge on any atom is -0.477 e. The Morgan fingerprint density at radius 3 is 1.98 bits per heavy atom. The van der Waals surface area contributed by atoms with Crippen LogP contribution in [0.2, 0.25) is 0 Å². The van der Waals surface area contributed by atoms with Crippen molar-refractivity contribution in [3.8, 4) is 5.75 Å². The molecule has 0 aliphatic rings. The third-order valence-corrected chi connectivity index (χ3v) is 5.33. The van der Waals surface area contributed by atoms with E-state index in [2.05, 4.69) is 10.1 Å². The Bertz CT molecular complexity index is 1460. The smallest absolute Gasteiger partial charge is 0.442 e. The van der Waals surface area contributed by atoms with Crippen molar-refractivity contribution in [2.24, 2.45) is 0 Å². The van der Waals surface area contributed by atoms with Crippen LogP contribution in [0.15, 0.2) is 72.8 Å². The fourth-order valence-corrected chi connectivity index (χ4v) is 3.47. The van der Waals surface area contributed by atoms with Crippen LogP contribution >= 0.6 is 0 Å². The number of para-hydroxylation sites is 2. The maximum atomic E-state index is 14.1. The average Bonchev–Trinajstić information content (AvgIpc) is 2.89. The molecule has 0 radical (unpaired) electrons. The van der Waals surface area contributed by atoms with E-state index in [1.54, 1.807) is 0 Å². The van der Waals surface area contributed by atoms with E-state index in [4.69, 9.17) is 4.74 Å². The highest BCUT2D eigenvalue weighted by molar-refractivity contribution is 5.92. The van der Waals surface area contributed by atoms with Gasteiger partial charge in [0, 0.05) is 29.4 Å². The molecule has 0 heterocycles. The van der Waals surface area contributed by atoms with E-state index in [0.717, 1.165) is 24.3 Å². The molecule has 0 aliphatic carbocycles. The van der Waals surface area contributed by atoms with Crippen LogP contribution in [0, 0.1) is 20.2 Å². The number of carbonyl (C=O) groups is 2. The van der Waals surface area contributed by atoms with Gasteiger partial charge in [0.15, 0.2) is 12.4 Å². The van der Waals surface area contributed by atoms with Gasteiger partial charge in [-0.05, 0) is 24.3 Å². The van der Waals surface area contributed by atoms with E-state index in [1.165, 1.54) is 18.2 Å². The number of carbonyl (C=O) groups excluding carboxylic acids is 2. The number of hydrogen-bond donors (Lipinski definition) is 1. The van der Waals surface area contributed by atoms with Crippen LogP contribution in [-0.4, -0.2) is 40.7 Å². The van der Waals surface area contributed by atoms with Crippen molar-refractivity contribution in [3.05, 3.63) is 104 Å². The second-order valence-electron chi connectivity index (χ2n) is 8.01. The van der Waals surface area contributed by atoms with Crippen LogP contribution in [0.4, 0.5) is 43.4 Å². The van der Waals surface area contributed by atoms with Gasteiger partial charge in [-0.3, -0.25) is 25.0 Å². The predicted molar refractivity (Wildman–Crippen MR) is 126 cm³/mol. The Labute approximate surface area is 224 Å². The Hall–Kier alpha value is -5.22. The van der Waals surface area contributed by atoms with E-state index in [-0.39, 0.29) is 11.4 Å². The Morgan fingerprint density at radius 1 is 0.805 bits per heavy atom. The zero-order valence-corrected chi connectivity index (χ0v) is 20.1.